The smallest absolute Gasteiger partial charge is 0.224 e. The zero-order valence-electron chi connectivity index (χ0n) is 13.2. The lowest BCUT2D eigenvalue weighted by atomic mass is 10.2. The summed E-state index contributed by atoms with van der Waals surface area (Å²) in [5, 5.41) is 6.81. The van der Waals surface area contributed by atoms with Gasteiger partial charge in [0.15, 0.2) is 0 Å². The van der Waals surface area contributed by atoms with Crippen LogP contribution < -0.4 is 15.4 Å². The van der Waals surface area contributed by atoms with Gasteiger partial charge in [0.05, 0.1) is 18.5 Å². The van der Waals surface area contributed by atoms with Crippen molar-refractivity contribution in [3.8, 4) is 17.0 Å². The Morgan fingerprint density at radius 2 is 1.83 bits per heavy atom. The number of aromatic nitrogens is 3. The standard InChI is InChI=1S/C17H16ClN5O/c1-19-17-22-13(11-5-7-20-8-6-11)10-16(23-17)21-14-9-12(18)3-4-15(14)24-2/h3-10H,1-2H3,(H2,19,21,22,23). The highest BCUT2D eigenvalue weighted by atomic mass is 35.5. The van der Waals surface area contributed by atoms with Crippen molar-refractivity contribution in [2.45, 2.75) is 0 Å². The van der Waals surface area contributed by atoms with Gasteiger partial charge in [-0.2, -0.15) is 4.98 Å². The fourth-order valence-electron chi connectivity index (χ4n) is 2.21. The van der Waals surface area contributed by atoms with Crippen LogP contribution in [-0.4, -0.2) is 29.1 Å². The fourth-order valence-corrected chi connectivity index (χ4v) is 2.38. The van der Waals surface area contributed by atoms with Gasteiger partial charge in [-0.15, -0.1) is 0 Å². The normalized spacial score (nSPS) is 10.3. The van der Waals surface area contributed by atoms with E-state index in [1.54, 1.807) is 44.8 Å². The van der Waals surface area contributed by atoms with Crippen LogP contribution in [0.3, 0.4) is 0 Å². The molecule has 0 bridgehead atoms. The molecule has 0 saturated carbocycles. The summed E-state index contributed by atoms with van der Waals surface area (Å²) in [6.45, 7) is 0. The van der Waals surface area contributed by atoms with Gasteiger partial charge in [-0.1, -0.05) is 11.6 Å². The lowest BCUT2D eigenvalue weighted by molar-refractivity contribution is 0.417. The third-order valence-electron chi connectivity index (χ3n) is 3.35. The molecule has 0 unspecified atom stereocenters. The van der Waals surface area contributed by atoms with E-state index in [0.717, 1.165) is 16.9 Å². The minimum atomic E-state index is 0.507. The fraction of sp³-hybridized carbons (Fsp3) is 0.118. The summed E-state index contributed by atoms with van der Waals surface area (Å²) in [4.78, 5) is 12.9. The summed E-state index contributed by atoms with van der Waals surface area (Å²) >= 11 is 6.08. The Labute approximate surface area is 144 Å². The Morgan fingerprint density at radius 1 is 1.04 bits per heavy atom. The number of hydrogen-bond acceptors (Lipinski definition) is 6. The summed E-state index contributed by atoms with van der Waals surface area (Å²) in [5.74, 6) is 1.81. The van der Waals surface area contributed by atoms with Crippen LogP contribution >= 0.6 is 11.6 Å². The highest BCUT2D eigenvalue weighted by Gasteiger charge is 2.09. The van der Waals surface area contributed by atoms with E-state index >= 15 is 0 Å². The van der Waals surface area contributed by atoms with Crippen molar-refractivity contribution >= 4 is 29.1 Å². The van der Waals surface area contributed by atoms with Gasteiger partial charge in [0.2, 0.25) is 5.95 Å². The third kappa shape index (κ3) is 3.55. The van der Waals surface area contributed by atoms with Gasteiger partial charge >= 0.3 is 0 Å². The first kappa shape index (κ1) is 16.0. The molecule has 1 aromatic carbocycles. The van der Waals surface area contributed by atoms with Gasteiger partial charge in [-0.3, -0.25) is 4.98 Å². The summed E-state index contributed by atoms with van der Waals surface area (Å²) in [5.41, 5.74) is 2.46. The van der Waals surface area contributed by atoms with Crippen molar-refractivity contribution in [2.75, 3.05) is 24.8 Å². The molecule has 0 amide bonds. The number of anilines is 3. The molecule has 2 heterocycles. The Kier molecular flexibility index (Phi) is 4.77. The number of hydrogen-bond donors (Lipinski definition) is 2. The van der Waals surface area contributed by atoms with Gasteiger partial charge in [0.1, 0.15) is 11.6 Å². The van der Waals surface area contributed by atoms with E-state index in [1.807, 2.05) is 18.2 Å². The molecule has 3 rings (SSSR count). The zero-order chi connectivity index (χ0) is 16.9. The second-order valence-corrected chi connectivity index (χ2v) is 5.35. The van der Waals surface area contributed by atoms with Crippen molar-refractivity contribution in [2.24, 2.45) is 0 Å². The first-order valence-electron chi connectivity index (χ1n) is 7.27. The molecule has 2 N–H and O–H groups in total. The molecule has 0 atom stereocenters. The Balaban J connectivity index is 2.01. The van der Waals surface area contributed by atoms with Gasteiger partial charge in [0.25, 0.3) is 0 Å². The molecule has 0 aliphatic heterocycles. The minimum Gasteiger partial charge on any atom is -0.495 e. The van der Waals surface area contributed by atoms with Gasteiger partial charge in [0, 0.05) is 36.1 Å². The number of ether oxygens (including phenoxy) is 1. The molecule has 0 radical (unpaired) electrons. The maximum atomic E-state index is 6.08. The zero-order valence-corrected chi connectivity index (χ0v) is 14.0. The third-order valence-corrected chi connectivity index (χ3v) is 3.59. The highest BCUT2D eigenvalue weighted by molar-refractivity contribution is 6.31. The summed E-state index contributed by atoms with van der Waals surface area (Å²) in [7, 11) is 3.38. The van der Waals surface area contributed by atoms with E-state index in [0.29, 0.717) is 22.5 Å². The second-order valence-electron chi connectivity index (χ2n) is 4.92. The molecule has 0 saturated heterocycles. The van der Waals surface area contributed by atoms with E-state index in [-0.39, 0.29) is 0 Å². The number of pyridine rings is 1. The lowest BCUT2D eigenvalue weighted by Crippen LogP contribution is -2.03. The van der Waals surface area contributed by atoms with Crippen molar-refractivity contribution in [1.29, 1.82) is 0 Å². The van der Waals surface area contributed by atoms with Crippen LogP contribution in [0, 0.1) is 0 Å². The second kappa shape index (κ2) is 7.14. The van der Waals surface area contributed by atoms with E-state index in [4.69, 9.17) is 16.3 Å². The first-order valence-corrected chi connectivity index (χ1v) is 7.65. The Hall–Kier alpha value is -2.86. The number of methoxy groups -OCH3 is 1. The molecule has 0 spiro atoms. The van der Waals surface area contributed by atoms with Crippen LogP contribution in [0.5, 0.6) is 5.75 Å². The SMILES string of the molecule is CNc1nc(Nc2cc(Cl)ccc2OC)cc(-c2ccncc2)n1. The predicted molar refractivity (Wildman–Crippen MR) is 96.1 cm³/mol. The summed E-state index contributed by atoms with van der Waals surface area (Å²) in [6.07, 6.45) is 3.45. The van der Waals surface area contributed by atoms with Crippen LogP contribution in [0.25, 0.3) is 11.3 Å². The monoisotopic (exact) mass is 341 g/mol. The van der Waals surface area contributed by atoms with Crippen LogP contribution in [-0.2, 0) is 0 Å². The maximum Gasteiger partial charge on any atom is 0.224 e. The van der Waals surface area contributed by atoms with Crippen LogP contribution in [0.4, 0.5) is 17.5 Å². The van der Waals surface area contributed by atoms with Crippen LogP contribution in [0.15, 0.2) is 48.8 Å². The summed E-state index contributed by atoms with van der Waals surface area (Å²) < 4.78 is 5.36. The molecule has 0 fully saturated rings. The quantitative estimate of drug-likeness (QED) is 0.731. The average molecular weight is 342 g/mol. The molecule has 0 aliphatic carbocycles. The number of halogens is 1. The van der Waals surface area contributed by atoms with E-state index in [9.17, 15) is 0 Å². The molecule has 122 valence electrons. The van der Waals surface area contributed by atoms with Crippen molar-refractivity contribution in [3.05, 3.63) is 53.8 Å². The predicted octanol–water partition coefficient (Wildman–Crippen LogP) is 3.99. The van der Waals surface area contributed by atoms with Gasteiger partial charge in [-0.25, -0.2) is 4.98 Å². The number of nitrogens with zero attached hydrogens (tertiary/aromatic N) is 3. The first-order chi connectivity index (χ1) is 11.7. The van der Waals surface area contributed by atoms with Crippen molar-refractivity contribution < 1.29 is 4.74 Å². The van der Waals surface area contributed by atoms with E-state index < -0.39 is 0 Å². The maximum absolute atomic E-state index is 6.08. The van der Waals surface area contributed by atoms with Crippen LogP contribution in [0.2, 0.25) is 5.02 Å². The van der Waals surface area contributed by atoms with E-state index in [2.05, 4.69) is 25.6 Å². The minimum absolute atomic E-state index is 0.507. The van der Waals surface area contributed by atoms with Crippen LogP contribution in [0.1, 0.15) is 0 Å². The molecule has 0 aliphatic rings. The molecule has 6 nitrogen and oxygen atoms in total. The summed E-state index contributed by atoms with van der Waals surface area (Å²) in [6, 6.07) is 11.0. The molecule has 7 heteroatoms. The molecule has 2 aromatic heterocycles. The van der Waals surface area contributed by atoms with Gasteiger partial charge < -0.3 is 15.4 Å². The van der Waals surface area contributed by atoms with E-state index in [1.165, 1.54) is 0 Å². The van der Waals surface area contributed by atoms with Crippen molar-refractivity contribution in [1.82, 2.24) is 15.0 Å². The molecular formula is C17H16ClN5O. The topological polar surface area (TPSA) is 72.0 Å². The molecule has 24 heavy (non-hydrogen) atoms. The largest absolute Gasteiger partial charge is 0.495 e. The number of benzene rings is 1. The lowest BCUT2D eigenvalue weighted by Gasteiger charge is -2.13. The highest BCUT2D eigenvalue weighted by Crippen LogP contribution is 2.31. The molecular weight excluding hydrogens is 326 g/mol. The Bertz CT molecular complexity index is 842. The number of nitrogens with one attached hydrogen (secondary N) is 2. The number of rotatable bonds is 5. The average Bonchev–Trinajstić information content (AvgIpc) is 2.62. The molecule has 3 aromatic rings. The Morgan fingerprint density at radius 3 is 2.54 bits per heavy atom. The van der Waals surface area contributed by atoms with Gasteiger partial charge in [-0.05, 0) is 30.3 Å². The van der Waals surface area contributed by atoms with Crippen molar-refractivity contribution in [3.63, 3.8) is 0 Å².